The fraction of sp³-hybridized carbons (Fsp3) is 0.333. The van der Waals surface area contributed by atoms with Crippen molar-refractivity contribution in [2.24, 2.45) is 5.73 Å². The van der Waals surface area contributed by atoms with Gasteiger partial charge in [0, 0.05) is 43.5 Å². The van der Waals surface area contributed by atoms with Crippen LogP contribution < -0.4 is 10.5 Å². The van der Waals surface area contributed by atoms with Crippen molar-refractivity contribution in [2.75, 3.05) is 20.2 Å². The number of methoxy groups -OCH3 is 1. The highest BCUT2D eigenvalue weighted by Crippen LogP contribution is 2.27. The summed E-state index contributed by atoms with van der Waals surface area (Å²) in [6.45, 7) is 1.03. The Bertz CT molecular complexity index is 832. The summed E-state index contributed by atoms with van der Waals surface area (Å²) in [7, 11) is 1.36. The molecule has 0 spiro atoms. The van der Waals surface area contributed by atoms with Gasteiger partial charge in [-0.1, -0.05) is 30.3 Å². The maximum atomic E-state index is 13.7. The van der Waals surface area contributed by atoms with E-state index in [2.05, 4.69) is 0 Å². The molecule has 0 aliphatic carbocycles. The highest BCUT2D eigenvalue weighted by molar-refractivity contribution is 5.98. The van der Waals surface area contributed by atoms with Gasteiger partial charge in [0.05, 0.1) is 7.11 Å². The van der Waals surface area contributed by atoms with E-state index in [0.29, 0.717) is 13.1 Å². The molecular formula is C21H24ClFN2O3. The van der Waals surface area contributed by atoms with Gasteiger partial charge in [-0.3, -0.25) is 9.59 Å². The molecule has 1 fully saturated rings. The number of benzene rings is 2. The molecule has 0 aromatic heterocycles. The molecule has 1 aliphatic heterocycles. The molecule has 1 amide bonds. The van der Waals surface area contributed by atoms with E-state index in [1.165, 1.54) is 19.2 Å². The zero-order valence-electron chi connectivity index (χ0n) is 15.6. The molecule has 2 aromatic carbocycles. The van der Waals surface area contributed by atoms with Gasteiger partial charge in [-0.05, 0) is 23.8 Å². The maximum Gasteiger partial charge on any atom is 0.223 e. The van der Waals surface area contributed by atoms with Crippen LogP contribution in [0, 0.1) is 5.82 Å². The molecule has 2 aromatic rings. The smallest absolute Gasteiger partial charge is 0.223 e. The lowest BCUT2D eigenvalue weighted by molar-refractivity contribution is -0.130. The highest BCUT2D eigenvalue weighted by atomic mass is 35.5. The Balaban J connectivity index is 0.00000280. The molecule has 0 unspecified atom stereocenters. The first kappa shape index (κ1) is 21.9. The third-order valence-electron chi connectivity index (χ3n) is 4.99. The van der Waals surface area contributed by atoms with Crippen LogP contribution in [-0.4, -0.2) is 42.8 Å². The number of ether oxygens (including phenoxy) is 1. The number of Topliss-reactive ketones (excluding diaryl/α,β-unsaturated/α-hetero) is 1. The second-order valence-corrected chi connectivity index (χ2v) is 6.75. The highest BCUT2D eigenvalue weighted by Gasteiger charge is 2.33. The minimum Gasteiger partial charge on any atom is -0.494 e. The Hall–Kier alpha value is -2.44. The van der Waals surface area contributed by atoms with E-state index < -0.39 is 5.82 Å². The summed E-state index contributed by atoms with van der Waals surface area (Å²) in [5.41, 5.74) is 7.57. The fourth-order valence-electron chi connectivity index (χ4n) is 3.45. The lowest BCUT2D eigenvalue weighted by Crippen LogP contribution is -2.32. The van der Waals surface area contributed by atoms with Crippen LogP contribution >= 0.6 is 12.4 Å². The third kappa shape index (κ3) is 4.88. The number of carbonyl (C=O) groups excluding carboxylic acids is 2. The average Bonchev–Trinajstić information content (AvgIpc) is 3.08. The summed E-state index contributed by atoms with van der Waals surface area (Å²) in [6, 6.07) is 13.8. The molecule has 1 heterocycles. The van der Waals surface area contributed by atoms with Gasteiger partial charge >= 0.3 is 0 Å². The van der Waals surface area contributed by atoms with Crippen LogP contribution in [0.5, 0.6) is 5.75 Å². The summed E-state index contributed by atoms with van der Waals surface area (Å²) in [5, 5.41) is 0. The topological polar surface area (TPSA) is 72.6 Å². The van der Waals surface area contributed by atoms with E-state index in [-0.39, 0.29) is 60.2 Å². The molecule has 0 radical (unpaired) electrons. The van der Waals surface area contributed by atoms with Crippen LogP contribution in [0.4, 0.5) is 4.39 Å². The summed E-state index contributed by atoms with van der Waals surface area (Å²) in [5.74, 6) is -0.785. The first-order valence-electron chi connectivity index (χ1n) is 8.94. The molecule has 2 atom stereocenters. The lowest BCUT2D eigenvalue weighted by atomic mass is 9.95. The quantitative estimate of drug-likeness (QED) is 0.748. The normalized spacial score (nSPS) is 18.5. The number of carbonyl (C=O) groups is 2. The van der Waals surface area contributed by atoms with Gasteiger partial charge in [0.25, 0.3) is 0 Å². The number of ketones is 1. The monoisotopic (exact) mass is 406 g/mol. The van der Waals surface area contributed by atoms with E-state index in [9.17, 15) is 14.0 Å². The summed E-state index contributed by atoms with van der Waals surface area (Å²) < 4.78 is 18.6. The lowest BCUT2D eigenvalue weighted by Gasteiger charge is -2.16. The minimum absolute atomic E-state index is 0. The van der Waals surface area contributed by atoms with E-state index in [1.807, 2.05) is 30.3 Å². The third-order valence-corrected chi connectivity index (χ3v) is 4.99. The predicted octanol–water partition coefficient (Wildman–Crippen LogP) is 3.17. The Morgan fingerprint density at radius 1 is 1.14 bits per heavy atom. The number of amides is 1. The predicted molar refractivity (Wildman–Crippen MR) is 108 cm³/mol. The molecule has 2 N–H and O–H groups in total. The van der Waals surface area contributed by atoms with Gasteiger partial charge in [-0.25, -0.2) is 4.39 Å². The summed E-state index contributed by atoms with van der Waals surface area (Å²) >= 11 is 0. The minimum atomic E-state index is -0.592. The number of hydrogen-bond donors (Lipinski definition) is 1. The Morgan fingerprint density at radius 3 is 2.50 bits per heavy atom. The fourth-order valence-corrected chi connectivity index (χ4v) is 3.45. The van der Waals surface area contributed by atoms with Crippen LogP contribution in [0.2, 0.25) is 0 Å². The molecule has 28 heavy (non-hydrogen) atoms. The van der Waals surface area contributed by atoms with E-state index in [1.54, 1.807) is 4.90 Å². The standard InChI is InChI=1S/C21H23FN2O3.ClH/c1-27-20-9-7-15(11-17(20)22)19(25)8-10-21(26)24-12-16(18(23)13-24)14-5-3-2-4-6-14;/h2-7,9,11,16,18H,8,10,12-13,23H2,1H3;1H/t16-,18+;/m0./s1. The molecule has 150 valence electrons. The van der Waals surface area contributed by atoms with Gasteiger partial charge < -0.3 is 15.4 Å². The molecular weight excluding hydrogens is 383 g/mol. The Kier molecular flexibility index (Phi) is 7.54. The zero-order valence-corrected chi connectivity index (χ0v) is 16.5. The van der Waals surface area contributed by atoms with Gasteiger partial charge in [-0.15, -0.1) is 12.4 Å². The first-order chi connectivity index (χ1) is 13.0. The molecule has 0 saturated carbocycles. The Labute approximate surface area is 170 Å². The number of hydrogen-bond acceptors (Lipinski definition) is 4. The van der Waals surface area contributed by atoms with Crippen molar-refractivity contribution < 1.29 is 18.7 Å². The van der Waals surface area contributed by atoms with Gasteiger partial charge in [0.15, 0.2) is 17.3 Å². The molecule has 7 heteroatoms. The van der Waals surface area contributed by atoms with Crippen LogP contribution in [0.1, 0.15) is 34.7 Å². The van der Waals surface area contributed by atoms with E-state index in [0.717, 1.165) is 11.6 Å². The number of nitrogens with zero attached hydrogens (tertiary/aromatic N) is 1. The summed E-state index contributed by atoms with van der Waals surface area (Å²) in [6.07, 6.45) is 0.118. The second kappa shape index (κ2) is 9.66. The van der Waals surface area contributed by atoms with Gasteiger partial charge in [0.2, 0.25) is 5.91 Å². The van der Waals surface area contributed by atoms with Crippen molar-refractivity contribution in [1.29, 1.82) is 0 Å². The van der Waals surface area contributed by atoms with Crippen molar-refractivity contribution >= 4 is 24.1 Å². The van der Waals surface area contributed by atoms with Crippen molar-refractivity contribution in [3.8, 4) is 5.75 Å². The van der Waals surface area contributed by atoms with Gasteiger partial charge in [0.1, 0.15) is 0 Å². The molecule has 0 bridgehead atoms. The van der Waals surface area contributed by atoms with Gasteiger partial charge in [-0.2, -0.15) is 0 Å². The maximum absolute atomic E-state index is 13.7. The van der Waals surface area contributed by atoms with Crippen LogP contribution in [-0.2, 0) is 4.79 Å². The zero-order chi connectivity index (χ0) is 19.4. The number of rotatable bonds is 6. The van der Waals surface area contributed by atoms with Crippen LogP contribution in [0.15, 0.2) is 48.5 Å². The molecule has 5 nitrogen and oxygen atoms in total. The largest absolute Gasteiger partial charge is 0.494 e. The van der Waals surface area contributed by atoms with Crippen molar-refractivity contribution in [3.63, 3.8) is 0 Å². The molecule has 1 saturated heterocycles. The SMILES string of the molecule is COc1ccc(C(=O)CCC(=O)N2C[C@@H](N)[C@H](c3ccccc3)C2)cc1F.Cl. The van der Waals surface area contributed by atoms with Crippen LogP contribution in [0.25, 0.3) is 0 Å². The van der Waals surface area contributed by atoms with Crippen molar-refractivity contribution in [2.45, 2.75) is 24.8 Å². The first-order valence-corrected chi connectivity index (χ1v) is 8.94. The molecule has 1 aliphatic rings. The second-order valence-electron chi connectivity index (χ2n) is 6.75. The summed E-state index contributed by atoms with van der Waals surface area (Å²) in [4.78, 5) is 26.5. The number of halogens is 2. The van der Waals surface area contributed by atoms with E-state index in [4.69, 9.17) is 10.5 Å². The number of nitrogens with two attached hydrogens (primary N) is 1. The Morgan fingerprint density at radius 2 is 1.86 bits per heavy atom. The van der Waals surface area contributed by atoms with Crippen molar-refractivity contribution in [1.82, 2.24) is 4.90 Å². The number of likely N-dealkylation sites (tertiary alicyclic amines) is 1. The average molecular weight is 407 g/mol. The van der Waals surface area contributed by atoms with Crippen LogP contribution in [0.3, 0.4) is 0 Å². The van der Waals surface area contributed by atoms with E-state index >= 15 is 0 Å². The molecule has 3 rings (SSSR count). The van der Waals surface area contributed by atoms with Crippen molar-refractivity contribution in [3.05, 3.63) is 65.5 Å².